The summed E-state index contributed by atoms with van der Waals surface area (Å²) in [6, 6.07) is 0.249. The third-order valence-corrected chi connectivity index (χ3v) is 1.99. The summed E-state index contributed by atoms with van der Waals surface area (Å²) < 4.78 is 0. The first-order valence-corrected chi connectivity index (χ1v) is 5.24. The molecule has 0 aliphatic carbocycles. The number of nitrogens with one attached hydrogen (secondary N) is 2. The van der Waals surface area contributed by atoms with Crippen molar-refractivity contribution < 1.29 is 9.90 Å². The van der Waals surface area contributed by atoms with E-state index in [1.54, 1.807) is 6.92 Å². The smallest absolute Gasteiger partial charge is 0.221 e. The molecule has 0 saturated carbocycles. The van der Waals surface area contributed by atoms with Crippen LogP contribution in [0, 0.1) is 0 Å². The molecule has 4 heteroatoms. The molecular weight excluding hydrogens is 180 g/mol. The molecule has 0 aliphatic rings. The van der Waals surface area contributed by atoms with Crippen LogP contribution in [0.4, 0.5) is 0 Å². The molecule has 0 aliphatic heterocycles. The van der Waals surface area contributed by atoms with E-state index >= 15 is 0 Å². The van der Waals surface area contributed by atoms with E-state index in [9.17, 15) is 4.79 Å². The number of amides is 1. The Morgan fingerprint density at radius 1 is 1.43 bits per heavy atom. The van der Waals surface area contributed by atoms with Gasteiger partial charge in [-0.1, -0.05) is 6.92 Å². The maximum atomic E-state index is 11.2. The van der Waals surface area contributed by atoms with Gasteiger partial charge in [0.2, 0.25) is 5.91 Å². The molecule has 0 radical (unpaired) electrons. The standard InChI is InChI=1S/C10H22N2O2/c1-4-8(2)12-10(14)5-6-11-7-9(3)13/h8-9,11,13H,4-7H2,1-3H3,(H,12,14). The van der Waals surface area contributed by atoms with E-state index in [0.717, 1.165) is 6.42 Å². The van der Waals surface area contributed by atoms with Crippen LogP contribution in [0.3, 0.4) is 0 Å². The molecule has 2 atom stereocenters. The fourth-order valence-corrected chi connectivity index (χ4v) is 0.962. The fourth-order valence-electron chi connectivity index (χ4n) is 0.962. The van der Waals surface area contributed by atoms with Gasteiger partial charge in [0.1, 0.15) is 0 Å². The number of hydrogen-bond acceptors (Lipinski definition) is 3. The Labute approximate surface area is 86.1 Å². The molecule has 2 unspecified atom stereocenters. The third kappa shape index (κ3) is 8.01. The Morgan fingerprint density at radius 2 is 2.07 bits per heavy atom. The van der Waals surface area contributed by atoms with Crippen LogP contribution in [0.25, 0.3) is 0 Å². The van der Waals surface area contributed by atoms with Crippen LogP contribution in [0.5, 0.6) is 0 Å². The molecule has 0 rings (SSSR count). The van der Waals surface area contributed by atoms with Gasteiger partial charge in [-0.3, -0.25) is 4.79 Å². The summed E-state index contributed by atoms with van der Waals surface area (Å²) in [5, 5.41) is 14.8. The van der Waals surface area contributed by atoms with Crippen LogP contribution >= 0.6 is 0 Å². The second-order valence-electron chi connectivity index (χ2n) is 3.68. The summed E-state index contributed by atoms with van der Waals surface area (Å²) in [5.41, 5.74) is 0. The summed E-state index contributed by atoms with van der Waals surface area (Å²) in [6.07, 6.45) is 1.07. The van der Waals surface area contributed by atoms with Crippen molar-refractivity contribution >= 4 is 5.91 Å². The highest BCUT2D eigenvalue weighted by molar-refractivity contribution is 5.76. The largest absolute Gasteiger partial charge is 0.392 e. The lowest BCUT2D eigenvalue weighted by Gasteiger charge is -2.11. The first kappa shape index (κ1) is 13.4. The van der Waals surface area contributed by atoms with Gasteiger partial charge >= 0.3 is 0 Å². The highest BCUT2D eigenvalue weighted by atomic mass is 16.3. The first-order chi connectivity index (χ1) is 6.56. The highest BCUT2D eigenvalue weighted by Crippen LogP contribution is 1.89. The van der Waals surface area contributed by atoms with Crippen LogP contribution in [0.15, 0.2) is 0 Å². The third-order valence-electron chi connectivity index (χ3n) is 1.99. The van der Waals surface area contributed by atoms with Gasteiger partial charge in [0.05, 0.1) is 6.10 Å². The number of aliphatic hydroxyl groups is 1. The van der Waals surface area contributed by atoms with Crippen molar-refractivity contribution in [3.8, 4) is 0 Å². The first-order valence-electron chi connectivity index (χ1n) is 5.24. The van der Waals surface area contributed by atoms with E-state index < -0.39 is 0 Å². The molecule has 0 aromatic rings. The van der Waals surface area contributed by atoms with E-state index in [1.165, 1.54) is 0 Å². The van der Waals surface area contributed by atoms with Crippen LogP contribution in [0.1, 0.15) is 33.6 Å². The van der Waals surface area contributed by atoms with Gasteiger partial charge in [-0.25, -0.2) is 0 Å². The monoisotopic (exact) mass is 202 g/mol. The molecule has 1 amide bonds. The minimum atomic E-state index is -0.354. The summed E-state index contributed by atoms with van der Waals surface area (Å²) in [5.74, 6) is 0.0671. The molecule has 3 N–H and O–H groups in total. The van der Waals surface area contributed by atoms with Crippen molar-refractivity contribution in [3.63, 3.8) is 0 Å². The average molecular weight is 202 g/mol. The lowest BCUT2D eigenvalue weighted by atomic mass is 10.2. The molecule has 14 heavy (non-hydrogen) atoms. The lowest BCUT2D eigenvalue weighted by Crippen LogP contribution is -2.35. The molecule has 0 spiro atoms. The van der Waals surface area contributed by atoms with Crippen LogP contribution < -0.4 is 10.6 Å². The van der Waals surface area contributed by atoms with E-state index in [4.69, 9.17) is 5.11 Å². The van der Waals surface area contributed by atoms with Gasteiger partial charge in [-0.15, -0.1) is 0 Å². The van der Waals surface area contributed by atoms with Crippen LogP contribution in [0.2, 0.25) is 0 Å². The average Bonchev–Trinajstić information content (AvgIpc) is 2.12. The minimum Gasteiger partial charge on any atom is -0.392 e. The Morgan fingerprint density at radius 3 is 2.57 bits per heavy atom. The summed E-state index contributed by atoms with van der Waals surface area (Å²) in [7, 11) is 0. The van der Waals surface area contributed by atoms with Crippen molar-refractivity contribution in [2.75, 3.05) is 13.1 Å². The Hall–Kier alpha value is -0.610. The predicted octanol–water partition coefficient (Wildman–Crippen LogP) is 0.262. The van der Waals surface area contributed by atoms with Gasteiger partial charge < -0.3 is 15.7 Å². The van der Waals surface area contributed by atoms with Gasteiger partial charge in [-0.2, -0.15) is 0 Å². The fraction of sp³-hybridized carbons (Fsp3) is 0.900. The number of carbonyl (C=O) groups is 1. The molecular formula is C10H22N2O2. The lowest BCUT2D eigenvalue weighted by molar-refractivity contribution is -0.121. The molecule has 0 aromatic carbocycles. The van der Waals surface area contributed by atoms with E-state index in [1.807, 2.05) is 13.8 Å². The van der Waals surface area contributed by atoms with Crippen LogP contribution in [-0.2, 0) is 4.79 Å². The Balaban J connectivity index is 3.36. The molecule has 0 aromatic heterocycles. The number of carbonyl (C=O) groups excluding carboxylic acids is 1. The normalized spacial score (nSPS) is 14.9. The van der Waals surface area contributed by atoms with Crippen molar-refractivity contribution in [3.05, 3.63) is 0 Å². The van der Waals surface area contributed by atoms with Crippen molar-refractivity contribution in [1.82, 2.24) is 10.6 Å². The Kier molecular flexibility index (Phi) is 7.42. The zero-order valence-electron chi connectivity index (χ0n) is 9.34. The summed E-state index contributed by atoms with van der Waals surface area (Å²) in [6.45, 7) is 6.90. The Bertz CT molecular complexity index is 160. The molecule has 0 fully saturated rings. The van der Waals surface area contributed by atoms with Crippen molar-refractivity contribution in [2.24, 2.45) is 0 Å². The molecule has 84 valence electrons. The zero-order valence-corrected chi connectivity index (χ0v) is 9.34. The maximum absolute atomic E-state index is 11.2. The SMILES string of the molecule is CCC(C)NC(=O)CCNCC(C)O. The zero-order chi connectivity index (χ0) is 11.0. The van der Waals surface area contributed by atoms with Gasteiger partial charge in [0, 0.05) is 25.6 Å². The van der Waals surface area contributed by atoms with Gasteiger partial charge in [0.15, 0.2) is 0 Å². The quantitative estimate of drug-likeness (QED) is 0.519. The maximum Gasteiger partial charge on any atom is 0.221 e. The van der Waals surface area contributed by atoms with Gasteiger partial charge in [-0.05, 0) is 20.3 Å². The number of hydrogen-bond donors (Lipinski definition) is 3. The molecule has 0 saturated heterocycles. The summed E-state index contributed by atoms with van der Waals surface area (Å²) in [4.78, 5) is 11.2. The second kappa shape index (κ2) is 7.76. The van der Waals surface area contributed by atoms with Crippen LogP contribution in [-0.4, -0.2) is 36.2 Å². The number of rotatable bonds is 7. The molecule has 0 bridgehead atoms. The van der Waals surface area contributed by atoms with E-state index in [-0.39, 0.29) is 18.1 Å². The highest BCUT2D eigenvalue weighted by Gasteiger charge is 2.04. The van der Waals surface area contributed by atoms with E-state index in [2.05, 4.69) is 10.6 Å². The minimum absolute atomic E-state index is 0.0671. The van der Waals surface area contributed by atoms with E-state index in [0.29, 0.717) is 19.5 Å². The molecule has 0 heterocycles. The van der Waals surface area contributed by atoms with Gasteiger partial charge in [0.25, 0.3) is 0 Å². The second-order valence-corrected chi connectivity index (χ2v) is 3.68. The molecule has 4 nitrogen and oxygen atoms in total. The van der Waals surface area contributed by atoms with Crippen molar-refractivity contribution in [2.45, 2.75) is 45.8 Å². The predicted molar refractivity (Wildman–Crippen MR) is 57.1 cm³/mol. The topological polar surface area (TPSA) is 61.4 Å². The summed E-state index contributed by atoms with van der Waals surface area (Å²) >= 11 is 0. The number of aliphatic hydroxyl groups excluding tert-OH is 1. The van der Waals surface area contributed by atoms with Crippen molar-refractivity contribution in [1.29, 1.82) is 0 Å².